The summed E-state index contributed by atoms with van der Waals surface area (Å²) in [5.41, 5.74) is 1.72. The van der Waals surface area contributed by atoms with Crippen LogP contribution in [0.25, 0.3) is 0 Å². The zero-order chi connectivity index (χ0) is 12.1. The Bertz CT molecular complexity index is 385. The summed E-state index contributed by atoms with van der Waals surface area (Å²) < 4.78 is 4.62. The largest absolute Gasteiger partial charge is 0.507 e. The molecule has 0 saturated carbocycles. The van der Waals surface area contributed by atoms with E-state index in [1.807, 2.05) is 0 Å². The molecule has 0 aliphatic carbocycles. The van der Waals surface area contributed by atoms with Crippen molar-refractivity contribution in [2.24, 2.45) is 0 Å². The number of aryl methyl sites for hydroxylation is 2. The van der Waals surface area contributed by atoms with Gasteiger partial charge in [0.1, 0.15) is 5.75 Å². The molecular formula is C12H16O4. The number of hydrogen-bond donors (Lipinski definition) is 2. The van der Waals surface area contributed by atoms with Crippen LogP contribution in [0, 0.1) is 6.92 Å². The van der Waals surface area contributed by atoms with Crippen LogP contribution in [0.2, 0.25) is 0 Å². The molecule has 1 aromatic rings. The second kappa shape index (κ2) is 5.51. The number of aliphatic hydroxyl groups excluding tert-OH is 1. The molecule has 0 fully saturated rings. The molecule has 0 amide bonds. The smallest absolute Gasteiger partial charge is 0.337 e. The van der Waals surface area contributed by atoms with Crippen LogP contribution in [-0.2, 0) is 11.2 Å². The summed E-state index contributed by atoms with van der Waals surface area (Å²) in [6.07, 6.45) is 1.09. The van der Waals surface area contributed by atoms with Crippen molar-refractivity contribution in [2.45, 2.75) is 19.8 Å². The van der Waals surface area contributed by atoms with Gasteiger partial charge in [-0.05, 0) is 43.0 Å². The molecule has 0 atom stereocenters. The minimum Gasteiger partial charge on any atom is -0.507 e. The first kappa shape index (κ1) is 12.5. The fourth-order valence-electron chi connectivity index (χ4n) is 1.55. The van der Waals surface area contributed by atoms with E-state index in [2.05, 4.69) is 4.74 Å². The Hall–Kier alpha value is -1.55. The van der Waals surface area contributed by atoms with Crippen LogP contribution < -0.4 is 0 Å². The first-order valence-corrected chi connectivity index (χ1v) is 5.11. The Morgan fingerprint density at radius 2 is 2.12 bits per heavy atom. The van der Waals surface area contributed by atoms with Gasteiger partial charge in [-0.15, -0.1) is 0 Å². The normalized spacial score (nSPS) is 10.2. The molecule has 0 radical (unpaired) electrons. The molecule has 0 aromatic heterocycles. The third-order valence-corrected chi connectivity index (χ3v) is 2.40. The molecule has 0 aliphatic heterocycles. The molecular weight excluding hydrogens is 208 g/mol. The molecule has 1 aromatic carbocycles. The SMILES string of the molecule is COC(=O)c1cc(C)c(O)c(CCCO)c1. The summed E-state index contributed by atoms with van der Waals surface area (Å²) in [5.74, 6) is -0.241. The topological polar surface area (TPSA) is 66.8 Å². The van der Waals surface area contributed by atoms with E-state index >= 15 is 0 Å². The number of hydrogen-bond acceptors (Lipinski definition) is 4. The molecule has 0 bridgehead atoms. The number of carbonyl (C=O) groups excluding carboxylic acids is 1. The van der Waals surface area contributed by atoms with Gasteiger partial charge in [-0.2, -0.15) is 0 Å². The minimum absolute atomic E-state index is 0.0565. The van der Waals surface area contributed by atoms with E-state index in [-0.39, 0.29) is 12.4 Å². The molecule has 4 nitrogen and oxygen atoms in total. The molecule has 2 N–H and O–H groups in total. The zero-order valence-electron chi connectivity index (χ0n) is 9.49. The fourth-order valence-corrected chi connectivity index (χ4v) is 1.55. The minimum atomic E-state index is -0.423. The quantitative estimate of drug-likeness (QED) is 0.759. The summed E-state index contributed by atoms with van der Waals surface area (Å²) in [6, 6.07) is 3.19. The number of aromatic hydroxyl groups is 1. The van der Waals surface area contributed by atoms with Crippen LogP contribution in [0.15, 0.2) is 12.1 Å². The summed E-state index contributed by atoms with van der Waals surface area (Å²) >= 11 is 0. The van der Waals surface area contributed by atoms with Gasteiger partial charge in [0.2, 0.25) is 0 Å². The number of benzene rings is 1. The van der Waals surface area contributed by atoms with Crippen molar-refractivity contribution < 1.29 is 19.7 Å². The summed E-state index contributed by atoms with van der Waals surface area (Å²) in [6.45, 7) is 1.78. The van der Waals surface area contributed by atoms with Crippen molar-refractivity contribution in [2.75, 3.05) is 13.7 Å². The second-order valence-corrected chi connectivity index (χ2v) is 3.62. The number of rotatable bonds is 4. The van der Waals surface area contributed by atoms with Crippen LogP contribution >= 0.6 is 0 Å². The Morgan fingerprint density at radius 1 is 1.44 bits per heavy atom. The van der Waals surface area contributed by atoms with Gasteiger partial charge in [0.15, 0.2) is 0 Å². The number of phenols is 1. The standard InChI is InChI=1S/C12H16O4/c1-8-6-10(12(15)16-2)7-9(11(8)14)4-3-5-13/h6-7,13-14H,3-5H2,1-2H3. The van der Waals surface area contributed by atoms with Crippen LogP contribution in [0.5, 0.6) is 5.75 Å². The Kier molecular flexibility index (Phi) is 4.31. The zero-order valence-corrected chi connectivity index (χ0v) is 9.49. The maximum Gasteiger partial charge on any atom is 0.337 e. The molecule has 0 aliphatic rings. The highest BCUT2D eigenvalue weighted by Gasteiger charge is 2.12. The van der Waals surface area contributed by atoms with E-state index in [1.165, 1.54) is 7.11 Å². The molecule has 88 valence electrons. The maximum absolute atomic E-state index is 11.3. The summed E-state index contributed by atoms with van der Waals surface area (Å²) in [5, 5.41) is 18.5. The molecule has 0 unspecified atom stereocenters. The third-order valence-electron chi connectivity index (χ3n) is 2.40. The first-order chi connectivity index (χ1) is 7.60. The lowest BCUT2D eigenvalue weighted by Crippen LogP contribution is -2.03. The lowest BCUT2D eigenvalue weighted by molar-refractivity contribution is 0.0600. The predicted octanol–water partition coefficient (Wildman–Crippen LogP) is 1.41. The monoisotopic (exact) mass is 224 g/mol. The van der Waals surface area contributed by atoms with Gasteiger partial charge < -0.3 is 14.9 Å². The Labute approximate surface area is 94.5 Å². The molecule has 4 heteroatoms. The molecule has 16 heavy (non-hydrogen) atoms. The maximum atomic E-state index is 11.3. The van der Waals surface area contributed by atoms with Gasteiger partial charge in [0.05, 0.1) is 12.7 Å². The highest BCUT2D eigenvalue weighted by Crippen LogP contribution is 2.25. The third kappa shape index (κ3) is 2.73. The van der Waals surface area contributed by atoms with Gasteiger partial charge in [-0.25, -0.2) is 4.79 Å². The van der Waals surface area contributed by atoms with Crippen molar-refractivity contribution in [1.29, 1.82) is 0 Å². The van der Waals surface area contributed by atoms with E-state index in [0.717, 1.165) is 0 Å². The molecule has 0 saturated heterocycles. The Balaban J connectivity index is 3.06. The van der Waals surface area contributed by atoms with Crippen LogP contribution in [0.4, 0.5) is 0 Å². The lowest BCUT2D eigenvalue weighted by Gasteiger charge is -2.09. The predicted molar refractivity (Wildman–Crippen MR) is 59.6 cm³/mol. The van der Waals surface area contributed by atoms with Gasteiger partial charge in [0.25, 0.3) is 0 Å². The van der Waals surface area contributed by atoms with Crippen molar-refractivity contribution >= 4 is 5.97 Å². The lowest BCUT2D eigenvalue weighted by atomic mass is 10.0. The van der Waals surface area contributed by atoms with Crippen molar-refractivity contribution in [3.8, 4) is 5.75 Å². The van der Waals surface area contributed by atoms with Gasteiger partial charge in [-0.3, -0.25) is 0 Å². The average molecular weight is 224 g/mol. The molecule has 0 heterocycles. The van der Waals surface area contributed by atoms with Gasteiger partial charge >= 0.3 is 5.97 Å². The first-order valence-electron chi connectivity index (χ1n) is 5.11. The molecule has 1 rings (SSSR count). The van der Waals surface area contributed by atoms with E-state index in [4.69, 9.17) is 5.11 Å². The van der Waals surface area contributed by atoms with E-state index in [9.17, 15) is 9.90 Å². The van der Waals surface area contributed by atoms with E-state index in [0.29, 0.717) is 29.5 Å². The van der Waals surface area contributed by atoms with Crippen molar-refractivity contribution in [3.63, 3.8) is 0 Å². The highest BCUT2D eigenvalue weighted by atomic mass is 16.5. The van der Waals surface area contributed by atoms with Crippen LogP contribution in [0.3, 0.4) is 0 Å². The number of phenolic OH excluding ortho intramolecular Hbond substituents is 1. The summed E-state index contributed by atoms with van der Waals surface area (Å²) in [7, 11) is 1.32. The summed E-state index contributed by atoms with van der Waals surface area (Å²) in [4.78, 5) is 11.3. The van der Waals surface area contributed by atoms with Crippen molar-refractivity contribution in [3.05, 3.63) is 28.8 Å². The van der Waals surface area contributed by atoms with Crippen LogP contribution in [0.1, 0.15) is 27.9 Å². The van der Waals surface area contributed by atoms with Gasteiger partial charge in [0, 0.05) is 6.61 Å². The van der Waals surface area contributed by atoms with E-state index in [1.54, 1.807) is 19.1 Å². The number of aliphatic hydroxyl groups is 1. The average Bonchev–Trinajstić information content (AvgIpc) is 2.29. The van der Waals surface area contributed by atoms with E-state index < -0.39 is 5.97 Å². The second-order valence-electron chi connectivity index (χ2n) is 3.62. The van der Waals surface area contributed by atoms with Gasteiger partial charge in [-0.1, -0.05) is 0 Å². The van der Waals surface area contributed by atoms with Crippen molar-refractivity contribution in [1.82, 2.24) is 0 Å². The number of methoxy groups -OCH3 is 1. The fraction of sp³-hybridized carbons (Fsp3) is 0.417. The molecule has 0 spiro atoms. The number of ether oxygens (including phenoxy) is 1. The number of esters is 1. The Morgan fingerprint density at radius 3 is 2.69 bits per heavy atom. The van der Waals surface area contributed by atoms with Crippen LogP contribution in [-0.4, -0.2) is 29.9 Å². The highest BCUT2D eigenvalue weighted by molar-refractivity contribution is 5.90. The number of carbonyl (C=O) groups is 1.